The Hall–Kier alpha value is -2.39. The number of oxazole rings is 1. The van der Waals surface area contributed by atoms with Crippen molar-refractivity contribution in [2.75, 3.05) is 7.11 Å². The van der Waals surface area contributed by atoms with Crippen LogP contribution in [0.1, 0.15) is 0 Å². The largest absolute Gasteiger partial charge is 0.496 e. The minimum atomic E-state index is 0.485. The molecule has 80 valence electrons. The fraction of sp³-hybridized carbons (Fsp3) is 0.0909. The zero-order chi connectivity index (χ0) is 11.4. The van der Waals surface area contributed by atoms with Gasteiger partial charge in [0.15, 0.2) is 6.39 Å². The Kier molecular flexibility index (Phi) is 2.80. The first-order valence-electron chi connectivity index (χ1n) is 4.49. The molecule has 0 atom stereocenters. The number of nitrogens with zero attached hydrogens (tertiary/aromatic N) is 2. The van der Waals surface area contributed by atoms with E-state index in [-0.39, 0.29) is 0 Å². The van der Waals surface area contributed by atoms with Crippen molar-refractivity contribution in [3.8, 4) is 17.0 Å². The molecule has 0 amide bonds. The van der Waals surface area contributed by atoms with E-state index in [4.69, 9.17) is 9.15 Å². The SMILES string of the molecule is COc1cc(N=C=O)ccc1-c1cocn1. The molecule has 0 aliphatic rings. The number of carbonyl (C=O) groups excluding carboxylic acids is 1. The molecule has 0 saturated carbocycles. The molecule has 5 nitrogen and oxygen atoms in total. The summed E-state index contributed by atoms with van der Waals surface area (Å²) < 4.78 is 10.1. The van der Waals surface area contributed by atoms with E-state index in [1.165, 1.54) is 25.8 Å². The summed E-state index contributed by atoms with van der Waals surface area (Å²) in [5.41, 5.74) is 1.93. The van der Waals surface area contributed by atoms with Crippen LogP contribution in [-0.4, -0.2) is 18.2 Å². The van der Waals surface area contributed by atoms with Gasteiger partial charge in [-0.3, -0.25) is 0 Å². The monoisotopic (exact) mass is 216 g/mol. The Labute approximate surface area is 91.4 Å². The predicted molar refractivity (Wildman–Crippen MR) is 56.3 cm³/mol. The average molecular weight is 216 g/mol. The number of methoxy groups -OCH3 is 1. The number of aromatic nitrogens is 1. The van der Waals surface area contributed by atoms with Crippen LogP contribution in [0.25, 0.3) is 11.3 Å². The van der Waals surface area contributed by atoms with Gasteiger partial charge in [-0.25, -0.2) is 9.78 Å². The van der Waals surface area contributed by atoms with Crippen LogP contribution in [0.3, 0.4) is 0 Å². The molecule has 0 radical (unpaired) electrons. The molecule has 0 fully saturated rings. The van der Waals surface area contributed by atoms with E-state index in [1.807, 2.05) is 0 Å². The van der Waals surface area contributed by atoms with Crippen molar-refractivity contribution in [1.82, 2.24) is 4.98 Å². The lowest BCUT2D eigenvalue weighted by Crippen LogP contribution is -1.87. The van der Waals surface area contributed by atoms with E-state index >= 15 is 0 Å². The van der Waals surface area contributed by atoms with Gasteiger partial charge in [0.1, 0.15) is 17.7 Å². The third-order valence-corrected chi connectivity index (χ3v) is 2.07. The minimum Gasteiger partial charge on any atom is -0.496 e. The van der Waals surface area contributed by atoms with Gasteiger partial charge in [0.05, 0.1) is 12.8 Å². The summed E-state index contributed by atoms with van der Waals surface area (Å²) in [7, 11) is 1.54. The molecule has 2 rings (SSSR count). The summed E-state index contributed by atoms with van der Waals surface area (Å²) in [4.78, 5) is 17.7. The Morgan fingerprint density at radius 3 is 3.00 bits per heavy atom. The van der Waals surface area contributed by atoms with E-state index in [2.05, 4.69) is 9.98 Å². The zero-order valence-corrected chi connectivity index (χ0v) is 8.51. The van der Waals surface area contributed by atoms with Crippen molar-refractivity contribution in [2.24, 2.45) is 4.99 Å². The number of ether oxygens (including phenoxy) is 1. The highest BCUT2D eigenvalue weighted by molar-refractivity contribution is 5.70. The van der Waals surface area contributed by atoms with E-state index in [9.17, 15) is 4.79 Å². The number of hydrogen-bond acceptors (Lipinski definition) is 5. The number of aliphatic imine (C=N–C) groups is 1. The summed E-state index contributed by atoms with van der Waals surface area (Å²) in [6.45, 7) is 0. The Bertz CT molecular complexity index is 528. The van der Waals surface area contributed by atoms with Crippen LogP contribution in [0.2, 0.25) is 0 Å². The van der Waals surface area contributed by atoms with E-state index in [0.717, 1.165) is 5.56 Å². The van der Waals surface area contributed by atoms with Crippen LogP contribution in [0.5, 0.6) is 5.75 Å². The van der Waals surface area contributed by atoms with Gasteiger partial charge in [0.2, 0.25) is 6.08 Å². The highest BCUT2D eigenvalue weighted by Gasteiger charge is 2.08. The van der Waals surface area contributed by atoms with Gasteiger partial charge in [0, 0.05) is 11.6 Å². The van der Waals surface area contributed by atoms with Crippen molar-refractivity contribution >= 4 is 11.8 Å². The Balaban J connectivity index is 2.51. The second kappa shape index (κ2) is 4.42. The summed E-state index contributed by atoms with van der Waals surface area (Å²) >= 11 is 0. The van der Waals surface area contributed by atoms with E-state index in [1.54, 1.807) is 18.2 Å². The second-order valence-corrected chi connectivity index (χ2v) is 2.96. The van der Waals surface area contributed by atoms with Gasteiger partial charge >= 0.3 is 0 Å². The molecule has 1 heterocycles. The molecule has 0 saturated heterocycles. The van der Waals surface area contributed by atoms with Crippen LogP contribution in [-0.2, 0) is 4.79 Å². The van der Waals surface area contributed by atoms with Gasteiger partial charge in [-0.1, -0.05) is 0 Å². The molecule has 0 aliphatic heterocycles. The molecule has 16 heavy (non-hydrogen) atoms. The fourth-order valence-electron chi connectivity index (χ4n) is 1.36. The molecule has 1 aromatic carbocycles. The molecule has 0 unspecified atom stereocenters. The third-order valence-electron chi connectivity index (χ3n) is 2.07. The first-order chi connectivity index (χ1) is 7.85. The predicted octanol–water partition coefficient (Wildman–Crippen LogP) is 2.32. The van der Waals surface area contributed by atoms with Crippen LogP contribution in [0.15, 0.2) is 40.3 Å². The molecule has 2 aromatic rings. The molecule has 1 aromatic heterocycles. The Morgan fingerprint density at radius 2 is 2.38 bits per heavy atom. The number of benzene rings is 1. The fourth-order valence-corrected chi connectivity index (χ4v) is 1.36. The number of hydrogen-bond donors (Lipinski definition) is 0. The van der Waals surface area contributed by atoms with Crippen molar-refractivity contribution in [3.05, 3.63) is 30.9 Å². The lowest BCUT2D eigenvalue weighted by atomic mass is 10.1. The smallest absolute Gasteiger partial charge is 0.240 e. The zero-order valence-electron chi connectivity index (χ0n) is 8.51. The molecular formula is C11H8N2O3. The van der Waals surface area contributed by atoms with Gasteiger partial charge in [0.25, 0.3) is 0 Å². The topological polar surface area (TPSA) is 64.7 Å². The van der Waals surface area contributed by atoms with Gasteiger partial charge in [-0.05, 0) is 12.1 Å². The first kappa shape index (κ1) is 10.1. The third kappa shape index (κ3) is 1.85. The van der Waals surface area contributed by atoms with Crippen molar-refractivity contribution in [2.45, 2.75) is 0 Å². The normalized spacial score (nSPS) is 9.56. The first-order valence-corrected chi connectivity index (χ1v) is 4.49. The summed E-state index contributed by atoms with van der Waals surface area (Å²) in [6.07, 6.45) is 4.33. The number of isocyanates is 1. The summed E-state index contributed by atoms with van der Waals surface area (Å²) in [6, 6.07) is 5.07. The summed E-state index contributed by atoms with van der Waals surface area (Å²) in [5, 5.41) is 0. The maximum atomic E-state index is 10.1. The number of rotatable bonds is 3. The molecule has 0 bridgehead atoms. The molecular weight excluding hydrogens is 208 g/mol. The van der Waals surface area contributed by atoms with Crippen LogP contribution in [0.4, 0.5) is 5.69 Å². The molecule has 0 spiro atoms. The molecule has 5 heteroatoms. The van der Waals surface area contributed by atoms with Crippen LogP contribution >= 0.6 is 0 Å². The minimum absolute atomic E-state index is 0.485. The quantitative estimate of drug-likeness (QED) is 0.583. The standard InChI is InChI=1S/C11H8N2O3/c1-15-11-4-8(12-6-14)2-3-9(11)10-5-16-7-13-10/h2-5,7H,1H3. The van der Waals surface area contributed by atoms with Crippen LogP contribution in [0, 0.1) is 0 Å². The van der Waals surface area contributed by atoms with Gasteiger partial charge in [-0.15, -0.1) is 0 Å². The highest BCUT2D eigenvalue weighted by Crippen LogP contribution is 2.32. The van der Waals surface area contributed by atoms with Crippen molar-refractivity contribution in [3.63, 3.8) is 0 Å². The van der Waals surface area contributed by atoms with Gasteiger partial charge in [-0.2, -0.15) is 4.99 Å². The second-order valence-electron chi connectivity index (χ2n) is 2.96. The molecule has 0 aliphatic carbocycles. The maximum absolute atomic E-state index is 10.1. The van der Waals surface area contributed by atoms with Crippen molar-refractivity contribution < 1.29 is 13.9 Å². The van der Waals surface area contributed by atoms with Crippen molar-refractivity contribution in [1.29, 1.82) is 0 Å². The van der Waals surface area contributed by atoms with Gasteiger partial charge < -0.3 is 9.15 Å². The maximum Gasteiger partial charge on any atom is 0.240 e. The molecule has 0 N–H and O–H groups in total. The van der Waals surface area contributed by atoms with E-state index in [0.29, 0.717) is 17.1 Å². The lowest BCUT2D eigenvalue weighted by molar-refractivity contribution is 0.416. The Morgan fingerprint density at radius 1 is 1.50 bits per heavy atom. The lowest BCUT2D eigenvalue weighted by Gasteiger charge is -2.05. The highest BCUT2D eigenvalue weighted by atomic mass is 16.5. The van der Waals surface area contributed by atoms with E-state index < -0.39 is 0 Å². The average Bonchev–Trinajstić information content (AvgIpc) is 2.83. The van der Waals surface area contributed by atoms with Crippen LogP contribution < -0.4 is 4.74 Å². The summed E-state index contributed by atoms with van der Waals surface area (Å²) in [5.74, 6) is 0.574.